The minimum absolute atomic E-state index is 0.0177. The van der Waals surface area contributed by atoms with E-state index in [1.165, 1.54) is 23.9 Å². The predicted octanol–water partition coefficient (Wildman–Crippen LogP) is 4.17. The molecule has 0 N–H and O–H groups in total. The Hall–Kier alpha value is -2.47. The smallest absolute Gasteiger partial charge is 0.262 e. The molecule has 0 fully saturated rings. The number of carbonyl (C=O) groups excluding carboxylic acids is 1. The Morgan fingerprint density at radius 3 is 2.58 bits per heavy atom. The molecule has 4 nitrogen and oxygen atoms in total. The van der Waals surface area contributed by atoms with Crippen LogP contribution < -0.4 is 5.56 Å². The molecule has 0 unspecified atom stereocenters. The third kappa shape index (κ3) is 3.85. The first kappa shape index (κ1) is 18.3. The molecule has 0 atom stereocenters. The van der Waals surface area contributed by atoms with E-state index in [0.29, 0.717) is 22.6 Å². The van der Waals surface area contributed by atoms with Gasteiger partial charge in [-0.15, -0.1) is 0 Å². The molecule has 0 saturated heterocycles. The van der Waals surface area contributed by atoms with Crippen LogP contribution in [0.1, 0.15) is 24.2 Å². The van der Waals surface area contributed by atoms with Crippen LogP contribution in [0.3, 0.4) is 0 Å². The predicted molar refractivity (Wildman–Crippen MR) is 102 cm³/mol. The number of halogens is 1. The average Bonchev–Trinajstić information content (AvgIpc) is 2.62. The zero-order valence-corrected chi connectivity index (χ0v) is 15.4. The molecule has 134 valence electrons. The normalized spacial score (nSPS) is 11.2. The maximum atomic E-state index is 13.8. The molecule has 0 radical (unpaired) electrons. The van der Waals surface area contributed by atoms with Gasteiger partial charge in [-0.1, -0.05) is 49.9 Å². The third-order valence-corrected chi connectivity index (χ3v) is 4.86. The van der Waals surface area contributed by atoms with Crippen molar-refractivity contribution < 1.29 is 9.18 Å². The standard InChI is InChI=1S/C20H19FN2O2S/c1-13(2)11-23-19(25)15-8-4-6-10-17(15)22-20(23)26-12-18(24)14-7-3-5-9-16(14)21/h3-10,13H,11-12H2,1-2H3. The number of hydrogen-bond acceptors (Lipinski definition) is 4. The molecule has 0 aliphatic carbocycles. The number of rotatable bonds is 6. The first-order valence-corrected chi connectivity index (χ1v) is 9.36. The van der Waals surface area contributed by atoms with Crippen molar-refractivity contribution in [2.24, 2.45) is 5.92 Å². The van der Waals surface area contributed by atoms with Gasteiger partial charge < -0.3 is 0 Å². The van der Waals surface area contributed by atoms with E-state index in [9.17, 15) is 14.0 Å². The number of thioether (sulfide) groups is 1. The van der Waals surface area contributed by atoms with Gasteiger partial charge in [0, 0.05) is 6.54 Å². The lowest BCUT2D eigenvalue weighted by Crippen LogP contribution is -2.25. The van der Waals surface area contributed by atoms with Gasteiger partial charge in [0.25, 0.3) is 5.56 Å². The van der Waals surface area contributed by atoms with E-state index in [0.717, 1.165) is 0 Å². The molecule has 6 heteroatoms. The topological polar surface area (TPSA) is 52.0 Å². The fourth-order valence-electron chi connectivity index (χ4n) is 2.68. The van der Waals surface area contributed by atoms with Gasteiger partial charge >= 0.3 is 0 Å². The van der Waals surface area contributed by atoms with Crippen molar-refractivity contribution in [2.45, 2.75) is 25.5 Å². The Labute approximate surface area is 155 Å². The van der Waals surface area contributed by atoms with Crippen LogP contribution in [0.25, 0.3) is 10.9 Å². The van der Waals surface area contributed by atoms with Crippen LogP contribution >= 0.6 is 11.8 Å². The molecule has 1 aromatic heterocycles. The number of fused-ring (bicyclic) bond motifs is 1. The molecule has 0 amide bonds. The molecular formula is C20H19FN2O2S. The minimum atomic E-state index is -0.538. The highest BCUT2D eigenvalue weighted by molar-refractivity contribution is 7.99. The zero-order valence-electron chi connectivity index (χ0n) is 14.6. The molecule has 2 aromatic carbocycles. The number of para-hydroxylation sites is 1. The van der Waals surface area contributed by atoms with Crippen LogP contribution in [-0.2, 0) is 6.54 Å². The summed E-state index contributed by atoms with van der Waals surface area (Å²) in [5.74, 6) is -0.600. The Morgan fingerprint density at radius 2 is 1.85 bits per heavy atom. The van der Waals surface area contributed by atoms with Gasteiger partial charge in [0.1, 0.15) is 5.82 Å². The highest BCUT2D eigenvalue weighted by Crippen LogP contribution is 2.21. The number of benzene rings is 2. The van der Waals surface area contributed by atoms with Crippen LogP contribution in [-0.4, -0.2) is 21.1 Å². The molecular weight excluding hydrogens is 351 g/mol. The number of nitrogens with zero attached hydrogens (tertiary/aromatic N) is 2. The first-order chi connectivity index (χ1) is 12.5. The van der Waals surface area contributed by atoms with E-state index in [-0.39, 0.29) is 28.6 Å². The van der Waals surface area contributed by atoms with Gasteiger partial charge in [0.15, 0.2) is 10.9 Å². The maximum Gasteiger partial charge on any atom is 0.262 e. The second-order valence-corrected chi connectivity index (χ2v) is 7.36. The summed E-state index contributed by atoms with van der Waals surface area (Å²) in [6, 6.07) is 13.1. The Kier molecular flexibility index (Phi) is 5.52. The van der Waals surface area contributed by atoms with Gasteiger partial charge in [-0.25, -0.2) is 9.37 Å². The van der Waals surface area contributed by atoms with E-state index in [4.69, 9.17) is 0 Å². The molecule has 0 saturated carbocycles. The number of carbonyl (C=O) groups is 1. The minimum Gasteiger partial charge on any atom is -0.293 e. The number of aromatic nitrogens is 2. The highest BCUT2D eigenvalue weighted by atomic mass is 32.2. The summed E-state index contributed by atoms with van der Waals surface area (Å²) in [6.45, 7) is 4.54. The van der Waals surface area contributed by atoms with Crippen LogP contribution in [0.4, 0.5) is 4.39 Å². The molecule has 3 aromatic rings. The van der Waals surface area contributed by atoms with Crippen molar-refractivity contribution in [2.75, 3.05) is 5.75 Å². The fourth-order valence-corrected chi connectivity index (χ4v) is 3.57. The van der Waals surface area contributed by atoms with E-state index < -0.39 is 5.82 Å². The molecule has 3 rings (SSSR count). The molecule has 0 bridgehead atoms. The largest absolute Gasteiger partial charge is 0.293 e. The van der Waals surface area contributed by atoms with E-state index in [1.54, 1.807) is 34.9 Å². The fraction of sp³-hybridized carbons (Fsp3) is 0.250. The van der Waals surface area contributed by atoms with Crippen molar-refractivity contribution in [3.63, 3.8) is 0 Å². The maximum absolute atomic E-state index is 13.8. The van der Waals surface area contributed by atoms with Crippen LogP contribution in [0, 0.1) is 11.7 Å². The van der Waals surface area contributed by atoms with Gasteiger partial charge in [-0.3, -0.25) is 14.2 Å². The number of hydrogen-bond donors (Lipinski definition) is 0. The van der Waals surface area contributed by atoms with Gasteiger partial charge in [0.05, 0.1) is 22.2 Å². The summed E-state index contributed by atoms with van der Waals surface area (Å²) in [4.78, 5) is 29.7. The third-order valence-electron chi connectivity index (χ3n) is 3.88. The van der Waals surface area contributed by atoms with Crippen molar-refractivity contribution in [1.82, 2.24) is 9.55 Å². The van der Waals surface area contributed by atoms with Gasteiger partial charge in [0.2, 0.25) is 0 Å². The van der Waals surface area contributed by atoms with E-state index >= 15 is 0 Å². The SMILES string of the molecule is CC(C)Cn1c(SCC(=O)c2ccccc2F)nc2ccccc2c1=O. The lowest BCUT2D eigenvalue weighted by Gasteiger charge is -2.14. The average molecular weight is 370 g/mol. The summed E-state index contributed by atoms with van der Waals surface area (Å²) in [5.41, 5.74) is 0.530. The van der Waals surface area contributed by atoms with Crippen molar-refractivity contribution in [3.05, 3.63) is 70.3 Å². The molecule has 0 aliphatic heterocycles. The Morgan fingerprint density at radius 1 is 1.15 bits per heavy atom. The van der Waals surface area contributed by atoms with E-state index in [2.05, 4.69) is 4.98 Å². The summed E-state index contributed by atoms with van der Waals surface area (Å²) >= 11 is 1.17. The zero-order chi connectivity index (χ0) is 18.7. The molecule has 1 heterocycles. The van der Waals surface area contributed by atoms with E-state index in [1.807, 2.05) is 19.9 Å². The van der Waals surface area contributed by atoms with Crippen molar-refractivity contribution >= 4 is 28.4 Å². The van der Waals surface area contributed by atoms with Crippen LogP contribution in [0.5, 0.6) is 0 Å². The molecule has 0 aliphatic rings. The van der Waals surface area contributed by atoms with Crippen LogP contribution in [0.2, 0.25) is 0 Å². The number of Topliss-reactive ketones (excluding diaryl/α,β-unsaturated/α-hetero) is 1. The second kappa shape index (κ2) is 7.83. The lowest BCUT2D eigenvalue weighted by atomic mass is 10.1. The quantitative estimate of drug-likeness (QED) is 0.371. The summed E-state index contributed by atoms with van der Waals surface area (Å²) < 4.78 is 15.4. The molecule has 0 spiro atoms. The van der Waals surface area contributed by atoms with Crippen molar-refractivity contribution in [3.8, 4) is 0 Å². The number of ketones is 1. The van der Waals surface area contributed by atoms with Crippen molar-refractivity contribution in [1.29, 1.82) is 0 Å². The summed E-state index contributed by atoms with van der Waals surface area (Å²) in [7, 11) is 0. The second-order valence-electron chi connectivity index (χ2n) is 6.41. The highest BCUT2D eigenvalue weighted by Gasteiger charge is 2.16. The van der Waals surface area contributed by atoms with Gasteiger partial charge in [-0.05, 0) is 30.2 Å². The summed E-state index contributed by atoms with van der Waals surface area (Å²) in [5, 5.41) is 1.03. The Bertz CT molecular complexity index is 1010. The van der Waals surface area contributed by atoms with Gasteiger partial charge in [-0.2, -0.15) is 0 Å². The summed E-state index contributed by atoms with van der Waals surface area (Å²) in [6.07, 6.45) is 0. The lowest BCUT2D eigenvalue weighted by molar-refractivity contribution is 0.101. The monoisotopic (exact) mass is 370 g/mol. The molecule has 26 heavy (non-hydrogen) atoms. The Balaban J connectivity index is 1.94. The van der Waals surface area contributed by atoms with Crippen LogP contribution in [0.15, 0.2) is 58.5 Å². The first-order valence-electron chi connectivity index (χ1n) is 8.37.